The molecule has 4 rings (SSSR count). The van der Waals surface area contributed by atoms with Gasteiger partial charge in [-0.2, -0.15) is 5.10 Å². The summed E-state index contributed by atoms with van der Waals surface area (Å²) in [4.78, 5) is 7.78. The molecule has 2 aromatic carbocycles. The fraction of sp³-hybridized carbons (Fsp3) is 0.111. The first kappa shape index (κ1) is 13.6. The highest BCUT2D eigenvalue weighted by Crippen LogP contribution is 2.35. The minimum Gasteiger partial charge on any atom is -0.504 e. The summed E-state index contributed by atoms with van der Waals surface area (Å²) in [6, 6.07) is 15.7. The molecule has 2 heterocycles. The molecule has 0 radical (unpaired) electrons. The van der Waals surface area contributed by atoms with Gasteiger partial charge >= 0.3 is 0 Å². The van der Waals surface area contributed by atoms with E-state index >= 15 is 0 Å². The lowest BCUT2D eigenvalue weighted by Gasteiger charge is -1.97. The second-order valence-electron chi connectivity index (χ2n) is 5.45. The Labute approximate surface area is 133 Å². The first-order chi connectivity index (χ1) is 11.3. The van der Waals surface area contributed by atoms with E-state index in [1.54, 1.807) is 0 Å². The van der Waals surface area contributed by atoms with Crippen LogP contribution >= 0.6 is 0 Å². The number of hydrogen-bond acceptors (Lipinski definition) is 3. The topological polar surface area (TPSA) is 77.6 Å². The number of hydrogen-bond donors (Lipinski definition) is 3. The van der Waals surface area contributed by atoms with Crippen LogP contribution < -0.4 is 0 Å². The van der Waals surface area contributed by atoms with Crippen LogP contribution in [0.25, 0.3) is 33.8 Å². The van der Waals surface area contributed by atoms with E-state index < -0.39 is 0 Å². The van der Waals surface area contributed by atoms with Crippen molar-refractivity contribution < 1.29 is 5.11 Å². The van der Waals surface area contributed by atoms with Crippen LogP contribution in [0.5, 0.6) is 5.75 Å². The third-order valence-corrected chi connectivity index (χ3v) is 3.98. The molecule has 114 valence electrons. The van der Waals surface area contributed by atoms with Crippen molar-refractivity contribution in [3.05, 3.63) is 54.1 Å². The second-order valence-corrected chi connectivity index (χ2v) is 5.45. The van der Waals surface area contributed by atoms with Crippen molar-refractivity contribution in [1.82, 2.24) is 20.2 Å². The predicted octanol–water partition coefficient (Wildman–Crippen LogP) is 3.89. The highest BCUT2D eigenvalue weighted by Gasteiger charge is 2.18. The zero-order chi connectivity index (χ0) is 15.8. The molecule has 0 fully saturated rings. The molecule has 0 atom stereocenters. The zero-order valence-electron chi connectivity index (χ0n) is 12.7. The summed E-state index contributed by atoms with van der Waals surface area (Å²) in [6.45, 7) is 2.11. The van der Waals surface area contributed by atoms with E-state index in [2.05, 4.69) is 39.2 Å². The second kappa shape index (κ2) is 5.28. The lowest BCUT2D eigenvalue weighted by Crippen LogP contribution is -1.80. The van der Waals surface area contributed by atoms with Gasteiger partial charge < -0.3 is 10.1 Å². The van der Waals surface area contributed by atoms with Crippen molar-refractivity contribution in [2.75, 3.05) is 0 Å². The number of aromatic amines is 2. The minimum absolute atomic E-state index is 0.103. The monoisotopic (exact) mass is 304 g/mol. The number of nitrogens with one attached hydrogen (secondary N) is 2. The van der Waals surface area contributed by atoms with Crippen molar-refractivity contribution in [2.24, 2.45) is 0 Å². The number of aryl methyl sites for hydroxylation is 1. The van der Waals surface area contributed by atoms with Gasteiger partial charge in [0.05, 0.1) is 11.0 Å². The maximum Gasteiger partial charge on any atom is 0.172 e. The van der Waals surface area contributed by atoms with Crippen molar-refractivity contribution in [2.45, 2.75) is 13.3 Å². The Kier molecular flexibility index (Phi) is 3.12. The normalized spacial score (nSPS) is 11.2. The van der Waals surface area contributed by atoms with Crippen LogP contribution in [0, 0.1) is 0 Å². The lowest BCUT2D eigenvalue weighted by atomic mass is 10.1. The molecule has 5 nitrogen and oxygen atoms in total. The number of benzene rings is 2. The van der Waals surface area contributed by atoms with Gasteiger partial charge in [0.2, 0.25) is 0 Å². The van der Waals surface area contributed by atoms with E-state index in [1.807, 2.05) is 36.4 Å². The van der Waals surface area contributed by atoms with Crippen LogP contribution in [0.2, 0.25) is 0 Å². The van der Waals surface area contributed by atoms with E-state index in [0.29, 0.717) is 17.2 Å². The lowest BCUT2D eigenvalue weighted by molar-refractivity contribution is 0.479. The molecule has 2 aromatic heterocycles. The van der Waals surface area contributed by atoms with Gasteiger partial charge in [-0.3, -0.25) is 5.10 Å². The summed E-state index contributed by atoms with van der Waals surface area (Å²) in [5.41, 5.74) is 4.94. The molecule has 0 saturated carbocycles. The van der Waals surface area contributed by atoms with Gasteiger partial charge in [-0.1, -0.05) is 43.3 Å². The Morgan fingerprint density at radius 1 is 1.09 bits per heavy atom. The fourth-order valence-corrected chi connectivity index (χ4v) is 2.69. The molecule has 0 aliphatic rings. The molecule has 0 bridgehead atoms. The van der Waals surface area contributed by atoms with Gasteiger partial charge in [-0.15, -0.1) is 0 Å². The summed E-state index contributed by atoms with van der Waals surface area (Å²) in [6.07, 6.45) is 0.962. The van der Waals surface area contributed by atoms with Gasteiger partial charge in [0.25, 0.3) is 0 Å². The third kappa shape index (κ3) is 2.26. The van der Waals surface area contributed by atoms with Crippen LogP contribution in [0.15, 0.2) is 48.5 Å². The third-order valence-electron chi connectivity index (χ3n) is 3.98. The number of rotatable bonds is 3. The molecule has 5 heteroatoms. The van der Waals surface area contributed by atoms with E-state index in [0.717, 1.165) is 23.0 Å². The first-order valence-corrected chi connectivity index (χ1v) is 7.58. The minimum atomic E-state index is 0.103. The number of nitrogens with zero attached hydrogens (tertiary/aromatic N) is 2. The van der Waals surface area contributed by atoms with Gasteiger partial charge in [0, 0.05) is 5.56 Å². The molecule has 0 spiro atoms. The average molecular weight is 304 g/mol. The van der Waals surface area contributed by atoms with Crippen LogP contribution in [0.3, 0.4) is 0 Å². The molecule has 3 N–H and O–H groups in total. The Bertz CT molecular complexity index is 969. The number of H-pyrrole nitrogens is 2. The van der Waals surface area contributed by atoms with Gasteiger partial charge in [-0.25, -0.2) is 4.98 Å². The quantitative estimate of drug-likeness (QED) is 0.537. The molecular formula is C18H16N4O. The molecule has 0 aliphatic carbocycles. The molecular weight excluding hydrogens is 288 g/mol. The molecule has 0 unspecified atom stereocenters. The SMILES string of the molecule is CCc1ccc2[nH]c(-c3n[nH]c(-c4ccccc4)c3O)nc2c1. The molecule has 0 amide bonds. The number of imidazole rings is 1. The summed E-state index contributed by atoms with van der Waals surface area (Å²) in [5, 5.41) is 17.6. The highest BCUT2D eigenvalue weighted by atomic mass is 16.3. The summed E-state index contributed by atoms with van der Waals surface area (Å²) in [7, 11) is 0. The summed E-state index contributed by atoms with van der Waals surface area (Å²) in [5.74, 6) is 0.662. The van der Waals surface area contributed by atoms with Gasteiger partial charge in [0.15, 0.2) is 17.3 Å². The maximum absolute atomic E-state index is 10.5. The number of fused-ring (bicyclic) bond motifs is 1. The van der Waals surface area contributed by atoms with E-state index in [1.165, 1.54) is 5.56 Å². The van der Waals surface area contributed by atoms with Crippen molar-refractivity contribution in [3.8, 4) is 28.5 Å². The highest BCUT2D eigenvalue weighted by molar-refractivity contribution is 5.82. The predicted molar refractivity (Wildman–Crippen MR) is 90.2 cm³/mol. The maximum atomic E-state index is 10.5. The van der Waals surface area contributed by atoms with Gasteiger partial charge in [-0.05, 0) is 24.1 Å². The Balaban J connectivity index is 1.81. The largest absolute Gasteiger partial charge is 0.504 e. The zero-order valence-corrected chi connectivity index (χ0v) is 12.7. The molecule has 0 aliphatic heterocycles. The Morgan fingerprint density at radius 3 is 2.70 bits per heavy atom. The van der Waals surface area contributed by atoms with Crippen molar-refractivity contribution >= 4 is 11.0 Å². The Hall–Kier alpha value is -3.08. The average Bonchev–Trinajstić information content (AvgIpc) is 3.17. The van der Waals surface area contributed by atoms with Crippen LogP contribution in [-0.2, 0) is 6.42 Å². The molecule has 4 aromatic rings. The van der Waals surface area contributed by atoms with E-state index in [9.17, 15) is 5.11 Å². The van der Waals surface area contributed by atoms with Crippen molar-refractivity contribution in [1.29, 1.82) is 0 Å². The van der Waals surface area contributed by atoms with Crippen LogP contribution in [0.4, 0.5) is 0 Å². The Morgan fingerprint density at radius 2 is 1.91 bits per heavy atom. The first-order valence-electron chi connectivity index (χ1n) is 7.58. The fourth-order valence-electron chi connectivity index (χ4n) is 2.69. The smallest absolute Gasteiger partial charge is 0.172 e. The molecule has 23 heavy (non-hydrogen) atoms. The number of aromatic nitrogens is 4. The van der Waals surface area contributed by atoms with Gasteiger partial charge in [0.1, 0.15) is 5.69 Å². The summed E-state index contributed by atoms with van der Waals surface area (Å²) >= 11 is 0. The van der Waals surface area contributed by atoms with E-state index in [4.69, 9.17) is 0 Å². The molecule has 0 saturated heterocycles. The van der Waals surface area contributed by atoms with E-state index in [-0.39, 0.29) is 5.75 Å². The van der Waals surface area contributed by atoms with Crippen LogP contribution in [0.1, 0.15) is 12.5 Å². The standard InChI is InChI=1S/C18H16N4O/c1-2-11-8-9-13-14(10-11)20-18(19-13)16-17(23)15(21-22-16)12-6-4-3-5-7-12/h3-10,23H,2H2,1H3,(H,19,20)(H,21,22). The number of aromatic hydroxyl groups is 1. The van der Waals surface area contributed by atoms with Crippen molar-refractivity contribution in [3.63, 3.8) is 0 Å². The summed E-state index contributed by atoms with van der Waals surface area (Å²) < 4.78 is 0. The van der Waals surface area contributed by atoms with Crippen LogP contribution in [-0.4, -0.2) is 25.3 Å².